The van der Waals surface area contributed by atoms with Crippen LogP contribution < -0.4 is 14.9 Å². The minimum Gasteiger partial charge on any atom is -0.497 e. The Morgan fingerprint density at radius 1 is 0.857 bits per heavy atom. The second-order valence-corrected chi connectivity index (χ2v) is 6.24. The van der Waals surface area contributed by atoms with Crippen LogP contribution in [0, 0.1) is 0 Å². The van der Waals surface area contributed by atoms with E-state index < -0.39 is 0 Å². The summed E-state index contributed by atoms with van der Waals surface area (Å²) in [5.74, 6) is 2.30. The molecule has 0 radical (unpaired) electrons. The molecule has 1 N–H and O–H groups in total. The van der Waals surface area contributed by atoms with Crippen LogP contribution >= 0.6 is 0 Å². The molecule has 5 heteroatoms. The lowest BCUT2D eigenvalue weighted by atomic mass is 10.0. The van der Waals surface area contributed by atoms with Crippen molar-refractivity contribution in [1.29, 1.82) is 0 Å². The minimum absolute atomic E-state index is 0.602. The smallest absolute Gasteiger partial charge is 0.154 e. The molecule has 0 bridgehead atoms. The average Bonchev–Trinajstić information content (AvgIpc) is 2.94. The van der Waals surface area contributed by atoms with Gasteiger partial charge < -0.3 is 9.47 Å². The van der Waals surface area contributed by atoms with Crippen LogP contribution in [0.1, 0.15) is 23.6 Å². The first-order valence-corrected chi connectivity index (χ1v) is 9.18. The molecule has 0 amide bonds. The van der Waals surface area contributed by atoms with Crippen LogP contribution in [0.15, 0.2) is 82.9 Å². The van der Waals surface area contributed by atoms with Gasteiger partial charge in [-0.2, -0.15) is 5.10 Å². The summed E-state index contributed by atoms with van der Waals surface area (Å²) in [7, 11) is 1.66. The number of benzene rings is 3. The lowest BCUT2D eigenvalue weighted by Crippen LogP contribution is -2.19. The topological polar surface area (TPSA) is 55.2 Å². The van der Waals surface area contributed by atoms with E-state index >= 15 is 0 Å². The first-order valence-electron chi connectivity index (χ1n) is 9.18. The second kappa shape index (κ2) is 7.96. The van der Waals surface area contributed by atoms with Crippen LogP contribution in [-0.2, 0) is 0 Å². The Balaban J connectivity index is 1.83. The summed E-state index contributed by atoms with van der Waals surface area (Å²) in [5, 5.41) is 4.69. The van der Waals surface area contributed by atoms with Crippen molar-refractivity contribution >= 4 is 17.2 Å². The lowest BCUT2D eigenvalue weighted by molar-refractivity contribution is 0.340. The van der Waals surface area contributed by atoms with Gasteiger partial charge in [-0.05, 0) is 49.4 Å². The van der Waals surface area contributed by atoms with Crippen molar-refractivity contribution in [2.45, 2.75) is 6.92 Å². The van der Waals surface area contributed by atoms with Crippen LogP contribution in [0.5, 0.6) is 11.5 Å². The molecule has 0 aliphatic carbocycles. The minimum atomic E-state index is 0.602. The zero-order valence-electron chi connectivity index (χ0n) is 15.8. The van der Waals surface area contributed by atoms with E-state index in [1.807, 2.05) is 79.7 Å². The van der Waals surface area contributed by atoms with Gasteiger partial charge in [0.25, 0.3) is 0 Å². The van der Waals surface area contributed by atoms with Gasteiger partial charge in [-0.1, -0.05) is 30.3 Å². The fourth-order valence-electron chi connectivity index (χ4n) is 3.07. The molecule has 0 saturated carbocycles. The normalized spacial score (nSPS) is 12.8. The number of methoxy groups -OCH3 is 1. The maximum atomic E-state index is 5.70. The van der Waals surface area contributed by atoms with Crippen LogP contribution in [-0.4, -0.2) is 25.3 Å². The number of nitrogens with zero attached hydrogens (tertiary/aromatic N) is 2. The van der Waals surface area contributed by atoms with Gasteiger partial charge in [-0.25, -0.2) is 4.99 Å². The molecule has 0 unspecified atom stereocenters. The Labute approximate surface area is 164 Å². The van der Waals surface area contributed by atoms with Crippen molar-refractivity contribution < 1.29 is 9.47 Å². The number of rotatable bonds is 5. The molecule has 4 rings (SSSR count). The number of hydrazone groups is 1. The van der Waals surface area contributed by atoms with Crippen LogP contribution in [0.3, 0.4) is 0 Å². The first kappa shape index (κ1) is 17.8. The molecule has 3 aromatic rings. The number of amidine groups is 1. The summed E-state index contributed by atoms with van der Waals surface area (Å²) in [4.78, 5) is 4.83. The van der Waals surface area contributed by atoms with Crippen molar-refractivity contribution in [1.82, 2.24) is 5.43 Å². The van der Waals surface area contributed by atoms with Gasteiger partial charge in [0, 0.05) is 16.7 Å². The van der Waals surface area contributed by atoms with E-state index in [1.165, 1.54) is 0 Å². The van der Waals surface area contributed by atoms with E-state index in [0.29, 0.717) is 12.4 Å². The highest BCUT2D eigenvalue weighted by Gasteiger charge is 2.18. The van der Waals surface area contributed by atoms with Crippen molar-refractivity contribution in [2.24, 2.45) is 10.1 Å². The van der Waals surface area contributed by atoms with E-state index in [2.05, 4.69) is 10.5 Å². The zero-order chi connectivity index (χ0) is 19.3. The van der Waals surface area contributed by atoms with Gasteiger partial charge in [-0.15, -0.1) is 0 Å². The standard InChI is InChI=1S/C23H21N3O2/c1-3-28-19-13-14-21-20(15-19)22(16-9-11-18(27-2)12-10-16)25-26-23(24-21)17-7-5-4-6-8-17/h4-15H,3H2,1-2H3,(H,24,26). The zero-order valence-corrected chi connectivity index (χ0v) is 15.8. The third-order valence-electron chi connectivity index (χ3n) is 4.45. The van der Waals surface area contributed by atoms with E-state index in [1.54, 1.807) is 7.11 Å². The number of hydrogen-bond acceptors (Lipinski definition) is 5. The molecule has 28 heavy (non-hydrogen) atoms. The molecule has 1 heterocycles. The number of nitrogens with one attached hydrogen (secondary N) is 1. The van der Waals surface area contributed by atoms with Crippen molar-refractivity contribution in [2.75, 3.05) is 13.7 Å². The summed E-state index contributed by atoms with van der Waals surface area (Å²) in [6.45, 7) is 2.57. The second-order valence-electron chi connectivity index (χ2n) is 6.24. The van der Waals surface area contributed by atoms with Crippen molar-refractivity contribution in [3.8, 4) is 11.5 Å². The van der Waals surface area contributed by atoms with Crippen LogP contribution in [0.4, 0.5) is 5.69 Å². The predicted octanol–water partition coefficient (Wildman–Crippen LogP) is 4.53. The highest BCUT2D eigenvalue weighted by molar-refractivity contribution is 6.18. The third-order valence-corrected chi connectivity index (χ3v) is 4.45. The predicted molar refractivity (Wildman–Crippen MR) is 112 cm³/mol. The Kier molecular flexibility index (Phi) is 5.06. The Hall–Kier alpha value is -3.60. The van der Waals surface area contributed by atoms with Crippen LogP contribution in [0.2, 0.25) is 0 Å². The fourth-order valence-corrected chi connectivity index (χ4v) is 3.07. The molecule has 5 nitrogen and oxygen atoms in total. The highest BCUT2D eigenvalue weighted by atomic mass is 16.5. The molecule has 0 fully saturated rings. The average molecular weight is 371 g/mol. The molecular weight excluding hydrogens is 350 g/mol. The molecule has 1 aliphatic rings. The summed E-state index contributed by atoms with van der Waals surface area (Å²) in [6, 6.07) is 23.7. The van der Waals surface area contributed by atoms with Crippen molar-refractivity contribution in [3.05, 3.63) is 89.5 Å². The molecular formula is C23H21N3O2. The molecule has 0 atom stereocenters. The molecule has 140 valence electrons. The molecule has 0 spiro atoms. The molecule has 3 aromatic carbocycles. The third kappa shape index (κ3) is 3.60. The maximum Gasteiger partial charge on any atom is 0.154 e. The quantitative estimate of drug-likeness (QED) is 0.717. The van der Waals surface area contributed by atoms with Gasteiger partial charge in [-0.3, -0.25) is 5.43 Å². The van der Waals surface area contributed by atoms with E-state index in [4.69, 9.17) is 14.5 Å². The Morgan fingerprint density at radius 3 is 2.32 bits per heavy atom. The van der Waals surface area contributed by atoms with Gasteiger partial charge in [0.05, 0.1) is 19.4 Å². The van der Waals surface area contributed by atoms with E-state index in [-0.39, 0.29) is 0 Å². The summed E-state index contributed by atoms with van der Waals surface area (Å²) < 4.78 is 11.0. The fraction of sp³-hybridized carbons (Fsp3) is 0.130. The number of aliphatic imine (C=N–C) groups is 1. The van der Waals surface area contributed by atoms with Gasteiger partial charge in [0.1, 0.15) is 17.2 Å². The largest absolute Gasteiger partial charge is 0.497 e. The van der Waals surface area contributed by atoms with Gasteiger partial charge in [0.15, 0.2) is 5.84 Å². The summed E-state index contributed by atoms with van der Waals surface area (Å²) >= 11 is 0. The maximum absolute atomic E-state index is 5.70. The van der Waals surface area contributed by atoms with Crippen molar-refractivity contribution in [3.63, 3.8) is 0 Å². The first-order chi connectivity index (χ1) is 13.8. The van der Waals surface area contributed by atoms with E-state index in [0.717, 1.165) is 39.6 Å². The molecule has 1 aliphatic heterocycles. The summed E-state index contributed by atoms with van der Waals surface area (Å²) in [6.07, 6.45) is 0. The number of ether oxygens (including phenoxy) is 2. The Bertz CT molecular complexity index is 1030. The van der Waals surface area contributed by atoms with E-state index in [9.17, 15) is 0 Å². The number of fused-ring (bicyclic) bond motifs is 1. The highest BCUT2D eigenvalue weighted by Crippen LogP contribution is 2.30. The molecule has 0 aromatic heterocycles. The van der Waals surface area contributed by atoms with Gasteiger partial charge >= 0.3 is 0 Å². The summed E-state index contributed by atoms with van der Waals surface area (Å²) in [5.41, 5.74) is 7.63. The number of hydrogen-bond donors (Lipinski definition) is 1. The van der Waals surface area contributed by atoms with Crippen LogP contribution in [0.25, 0.3) is 0 Å². The Morgan fingerprint density at radius 2 is 1.61 bits per heavy atom. The molecule has 0 saturated heterocycles. The van der Waals surface area contributed by atoms with Gasteiger partial charge in [0.2, 0.25) is 0 Å². The SMILES string of the molecule is CCOc1ccc2c(c1)C(c1ccc(OC)cc1)=NNC(c1ccccc1)=N2. The monoisotopic (exact) mass is 371 g/mol. The lowest BCUT2D eigenvalue weighted by Gasteiger charge is -2.11.